The van der Waals surface area contributed by atoms with E-state index in [2.05, 4.69) is 0 Å². The summed E-state index contributed by atoms with van der Waals surface area (Å²) in [6.45, 7) is 0. The molecule has 4 heteroatoms. The molecular weight excluding hydrogens is 271 g/mol. The van der Waals surface area contributed by atoms with Gasteiger partial charge in [-0.2, -0.15) is 0 Å². The van der Waals surface area contributed by atoms with Crippen LogP contribution >= 0.6 is 23.2 Å². The van der Waals surface area contributed by atoms with Crippen LogP contribution in [-0.4, -0.2) is 10.9 Å². The molecule has 0 amide bonds. The van der Waals surface area contributed by atoms with Crippen LogP contribution < -0.4 is 0 Å². The number of carbonyl (C=O) groups is 1. The average molecular weight is 281 g/mol. The molecule has 0 aliphatic rings. The first-order valence-electron chi connectivity index (χ1n) is 5.32. The van der Waals surface area contributed by atoms with Gasteiger partial charge in [0.2, 0.25) is 0 Å². The highest BCUT2D eigenvalue weighted by molar-refractivity contribution is 6.42. The van der Waals surface area contributed by atoms with Gasteiger partial charge in [0.15, 0.2) is 5.78 Å². The molecule has 0 aromatic heterocycles. The summed E-state index contributed by atoms with van der Waals surface area (Å²) in [5.74, 6) is -0.403. The normalized spacial score (nSPS) is 12.2. The Morgan fingerprint density at radius 1 is 1.00 bits per heavy atom. The maximum Gasteiger partial charge on any atom is 0.195 e. The highest BCUT2D eigenvalue weighted by atomic mass is 35.5. The minimum Gasteiger partial charge on any atom is -0.380 e. The third-order valence-corrected chi connectivity index (χ3v) is 3.42. The van der Waals surface area contributed by atoms with Gasteiger partial charge in [0.05, 0.1) is 10.0 Å². The van der Waals surface area contributed by atoms with Crippen LogP contribution in [0, 0.1) is 0 Å². The molecule has 92 valence electrons. The Bertz CT molecular complexity index is 567. The van der Waals surface area contributed by atoms with E-state index >= 15 is 0 Å². The molecule has 2 rings (SSSR count). The summed E-state index contributed by atoms with van der Waals surface area (Å²) >= 11 is 11.8. The van der Waals surface area contributed by atoms with Crippen LogP contribution in [0.1, 0.15) is 22.0 Å². The second-order valence-corrected chi connectivity index (χ2v) is 4.56. The SMILES string of the molecule is O=C(c1ccccc1)C(O)c1cccc(Cl)c1Cl. The number of aliphatic hydroxyl groups is 1. The Kier molecular flexibility index (Phi) is 4.02. The Balaban J connectivity index is 2.35. The number of halogens is 2. The second kappa shape index (κ2) is 5.53. The molecule has 0 heterocycles. The van der Waals surface area contributed by atoms with E-state index in [9.17, 15) is 9.90 Å². The number of aliphatic hydroxyl groups excluding tert-OH is 1. The van der Waals surface area contributed by atoms with Crippen molar-refractivity contribution in [1.29, 1.82) is 0 Å². The summed E-state index contributed by atoms with van der Waals surface area (Å²) < 4.78 is 0. The summed E-state index contributed by atoms with van der Waals surface area (Å²) in [7, 11) is 0. The van der Waals surface area contributed by atoms with E-state index < -0.39 is 11.9 Å². The van der Waals surface area contributed by atoms with Crippen LogP contribution in [0.3, 0.4) is 0 Å². The number of hydrogen-bond acceptors (Lipinski definition) is 2. The molecule has 0 saturated carbocycles. The molecule has 0 fully saturated rings. The van der Waals surface area contributed by atoms with Gasteiger partial charge in [-0.15, -0.1) is 0 Å². The quantitative estimate of drug-likeness (QED) is 0.866. The first-order chi connectivity index (χ1) is 8.61. The van der Waals surface area contributed by atoms with E-state index in [-0.39, 0.29) is 5.02 Å². The molecule has 0 radical (unpaired) electrons. The van der Waals surface area contributed by atoms with Crippen LogP contribution in [0.15, 0.2) is 48.5 Å². The predicted molar refractivity (Wildman–Crippen MR) is 72.2 cm³/mol. The zero-order valence-corrected chi connectivity index (χ0v) is 10.8. The van der Waals surface area contributed by atoms with Gasteiger partial charge in [-0.05, 0) is 6.07 Å². The lowest BCUT2D eigenvalue weighted by Gasteiger charge is -2.12. The van der Waals surface area contributed by atoms with Gasteiger partial charge < -0.3 is 5.11 Å². The van der Waals surface area contributed by atoms with Crippen molar-refractivity contribution in [2.45, 2.75) is 6.10 Å². The maximum absolute atomic E-state index is 12.1. The Morgan fingerprint density at radius 3 is 2.33 bits per heavy atom. The van der Waals surface area contributed by atoms with E-state index in [1.165, 1.54) is 0 Å². The largest absolute Gasteiger partial charge is 0.380 e. The van der Waals surface area contributed by atoms with Gasteiger partial charge in [0.25, 0.3) is 0 Å². The van der Waals surface area contributed by atoms with Crippen LogP contribution in [0.5, 0.6) is 0 Å². The van der Waals surface area contributed by atoms with Crippen molar-refractivity contribution in [2.75, 3.05) is 0 Å². The van der Waals surface area contributed by atoms with Gasteiger partial charge in [0.1, 0.15) is 6.10 Å². The fraction of sp³-hybridized carbons (Fsp3) is 0.0714. The Labute approximate surface area is 115 Å². The minimum absolute atomic E-state index is 0.205. The first-order valence-corrected chi connectivity index (χ1v) is 6.08. The zero-order valence-electron chi connectivity index (χ0n) is 9.31. The van der Waals surface area contributed by atoms with Crippen molar-refractivity contribution < 1.29 is 9.90 Å². The van der Waals surface area contributed by atoms with Crippen LogP contribution in [0.25, 0.3) is 0 Å². The van der Waals surface area contributed by atoms with Gasteiger partial charge in [0, 0.05) is 11.1 Å². The van der Waals surface area contributed by atoms with Crippen molar-refractivity contribution in [2.24, 2.45) is 0 Å². The van der Waals surface area contributed by atoms with Crippen LogP contribution in [0.4, 0.5) is 0 Å². The topological polar surface area (TPSA) is 37.3 Å². The standard InChI is InChI=1S/C14H10Cl2O2/c15-11-8-4-7-10(12(11)16)14(18)13(17)9-5-2-1-3-6-9/h1-8,14,18H. The fourth-order valence-corrected chi connectivity index (χ4v) is 2.04. The summed E-state index contributed by atoms with van der Waals surface area (Å²) in [5, 5.41) is 10.6. The molecule has 0 bridgehead atoms. The Morgan fingerprint density at radius 2 is 1.67 bits per heavy atom. The van der Waals surface area contributed by atoms with Crippen LogP contribution in [0.2, 0.25) is 10.0 Å². The minimum atomic E-state index is -1.31. The molecule has 1 unspecified atom stereocenters. The maximum atomic E-state index is 12.1. The van der Waals surface area contributed by atoms with Crippen molar-refractivity contribution in [3.63, 3.8) is 0 Å². The third kappa shape index (κ3) is 2.56. The lowest BCUT2D eigenvalue weighted by molar-refractivity contribution is 0.0747. The number of carbonyl (C=O) groups excluding carboxylic acids is 1. The molecule has 18 heavy (non-hydrogen) atoms. The van der Waals surface area contributed by atoms with E-state index in [0.29, 0.717) is 16.1 Å². The van der Waals surface area contributed by atoms with E-state index in [4.69, 9.17) is 23.2 Å². The van der Waals surface area contributed by atoms with Gasteiger partial charge >= 0.3 is 0 Å². The summed E-state index contributed by atoms with van der Waals surface area (Å²) in [6, 6.07) is 13.4. The molecule has 1 atom stereocenters. The fourth-order valence-electron chi connectivity index (χ4n) is 1.63. The number of ketones is 1. The van der Waals surface area contributed by atoms with Crippen LogP contribution in [-0.2, 0) is 0 Å². The zero-order chi connectivity index (χ0) is 13.1. The number of rotatable bonds is 3. The van der Waals surface area contributed by atoms with Crippen molar-refractivity contribution >= 4 is 29.0 Å². The van der Waals surface area contributed by atoms with E-state index in [1.807, 2.05) is 0 Å². The molecule has 0 aliphatic carbocycles. The van der Waals surface area contributed by atoms with Crippen molar-refractivity contribution in [3.05, 3.63) is 69.7 Å². The molecule has 0 saturated heterocycles. The predicted octanol–water partition coefficient (Wildman–Crippen LogP) is 3.91. The molecule has 1 N–H and O–H groups in total. The molecule has 2 aromatic rings. The first kappa shape index (κ1) is 13.1. The summed E-state index contributed by atoms with van der Waals surface area (Å²) in [6.07, 6.45) is -1.31. The third-order valence-electron chi connectivity index (χ3n) is 2.58. The number of benzene rings is 2. The van der Waals surface area contributed by atoms with Gasteiger partial charge in [-0.25, -0.2) is 0 Å². The lowest BCUT2D eigenvalue weighted by Crippen LogP contribution is -2.12. The second-order valence-electron chi connectivity index (χ2n) is 3.78. The number of hydrogen-bond donors (Lipinski definition) is 1. The van der Waals surface area contributed by atoms with Gasteiger partial charge in [-0.3, -0.25) is 4.79 Å². The van der Waals surface area contributed by atoms with Gasteiger partial charge in [-0.1, -0.05) is 65.7 Å². The molecule has 2 nitrogen and oxygen atoms in total. The van der Waals surface area contributed by atoms with E-state index in [0.717, 1.165) is 0 Å². The molecular formula is C14H10Cl2O2. The van der Waals surface area contributed by atoms with E-state index in [1.54, 1.807) is 48.5 Å². The Hall–Kier alpha value is -1.35. The monoisotopic (exact) mass is 280 g/mol. The molecule has 0 spiro atoms. The average Bonchev–Trinajstić information content (AvgIpc) is 2.41. The van der Waals surface area contributed by atoms with Crippen molar-refractivity contribution in [1.82, 2.24) is 0 Å². The lowest BCUT2D eigenvalue weighted by atomic mass is 10.00. The number of Topliss-reactive ketones (excluding diaryl/α,β-unsaturated/α-hetero) is 1. The summed E-state index contributed by atoms with van der Waals surface area (Å²) in [4.78, 5) is 12.1. The highest BCUT2D eigenvalue weighted by Crippen LogP contribution is 2.31. The molecule has 0 aliphatic heterocycles. The molecule has 2 aromatic carbocycles. The smallest absolute Gasteiger partial charge is 0.195 e. The highest BCUT2D eigenvalue weighted by Gasteiger charge is 2.22. The van der Waals surface area contributed by atoms with Crippen molar-refractivity contribution in [3.8, 4) is 0 Å². The summed E-state index contributed by atoms with van der Waals surface area (Å²) in [5.41, 5.74) is 0.749.